The fourth-order valence-corrected chi connectivity index (χ4v) is 1.96. The van der Waals surface area contributed by atoms with Gasteiger partial charge in [-0.15, -0.1) is 0 Å². The lowest BCUT2D eigenvalue weighted by Gasteiger charge is -2.03. The summed E-state index contributed by atoms with van der Waals surface area (Å²) in [6, 6.07) is 0. The molecule has 0 radical (unpaired) electrons. The molecular weight excluding hydrogens is 134 g/mol. The molecule has 1 aliphatic rings. The van der Waals surface area contributed by atoms with Crippen LogP contribution < -0.4 is 0 Å². The second-order valence-corrected chi connectivity index (χ2v) is 3.79. The quantitative estimate of drug-likeness (QED) is 0.508. The number of hydrogen-bond acceptors (Lipinski definition) is 0. The molecule has 62 valence electrons. The Bertz CT molecular complexity index is 231. The Morgan fingerprint density at radius 2 is 1.82 bits per heavy atom. The van der Waals surface area contributed by atoms with Crippen molar-refractivity contribution in [3.63, 3.8) is 0 Å². The first-order valence-electron chi connectivity index (χ1n) is 4.29. The fraction of sp³-hybridized carbons (Fsp3) is 0.700. The lowest BCUT2D eigenvalue weighted by molar-refractivity contribution is -0.448. The van der Waals surface area contributed by atoms with Gasteiger partial charge in [0.2, 0.25) is 0 Å². The predicted octanol–water partition coefficient (Wildman–Crippen LogP) is 2.42. The third-order valence-electron chi connectivity index (χ3n) is 2.44. The van der Waals surface area contributed by atoms with Crippen LogP contribution in [0.3, 0.4) is 0 Å². The molecule has 0 unspecified atom stereocenters. The standard InChI is InChI=1S/C10H18N/c1-7(2)10-8(3)6-9(4)11(10)5/h7H,6H2,1-5H3/q+1. The van der Waals surface area contributed by atoms with Crippen molar-refractivity contribution in [1.29, 1.82) is 0 Å². The monoisotopic (exact) mass is 152 g/mol. The molecule has 1 heterocycles. The molecule has 0 aliphatic carbocycles. The van der Waals surface area contributed by atoms with Crippen molar-refractivity contribution in [2.24, 2.45) is 5.92 Å². The lowest BCUT2D eigenvalue weighted by atomic mass is 10.1. The second kappa shape index (κ2) is 2.80. The van der Waals surface area contributed by atoms with Crippen LogP contribution in [0.2, 0.25) is 0 Å². The fourth-order valence-electron chi connectivity index (χ4n) is 1.96. The summed E-state index contributed by atoms with van der Waals surface area (Å²) in [5.41, 5.74) is 4.54. The predicted molar refractivity (Wildman–Crippen MR) is 49.0 cm³/mol. The molecule has 1 heteroatoms. The van der Waals surface area contributed by atoms with E-state index in [4.69, 9.17) is 0 Å². The maximum atomic E-state index is 2.33. The summed E-state index contributed by atoms with van der Waals surface area (Å²) in [7, 11) is 2.17. The Kier molecular flexibility index (Phi) is 2.17. The van der Waals surface area contributed by atoms with Gasteiger partial charge in [0.25, 0.3) is 0 Å². The van der Waals surface area contributed by atoms with Crippen molar-refractivity contribution in [3.05, 3.63) is 11.3 Å². The van der Waals surface area contributed by atoms with Gasteiger partial charge in [-0.2, -0.15) is 0 Å². The summed E-state index contributed by atoms with van der Waals surface area (Å²) in [5.74, 6) is 0.664. The molecule has 0 atom stereocenters. The SMILES string of the molecule is CC1=C(C(C)C)[N+](C)=C(C)C1. The zero-order valence-electron chi connectivity index (χ0n) is 8.23. The Hall–Kier alpha value is -0.590. The highest BCUT2D eigenvalue weighted by atomic mass is 15.0. The normalized spacial score (nSPS) is 19.1. The molecule has 0 saturated heterocycles. The molecular formula is C10H18N+. The second-order valence-electron chi connectivity index (χ2n) is 3.79. The summed E-state index contributed by atoms with van der Waals surface area (Å²) >= 11 is 0. The summed E-state index contributed by atoms with van der Waals surface area (Å²) in [6.45, 7) is 8.96. The summed E-state index contributed by atoms with van der Waals surface area (Å²) < 4.78 is 2.33. The van der Waals surface area contributed by atoms with E-state index < -0.39 is 0 Å². The van der Waals surface area contributed by atoms with Crippen LogP contribution in [0.5, 0.6) is 0 Å². The van der Waals surface area contributed by atoms with Crippen molar-refractivity contribution in [2.75, 3.05) is 7.05 Å². The van der Waals surface area contributed by atoms with Gasteiger partial charge in [0.05, 0.1) is 6.42 Å². The Morgan fingerprint density at radius 1 is 1.27 bits per heavy atom. The van der Waals surface area contributed by atoms with Gasteiger partial charge in [-0.05, 0) is 6.92 Å². The Labute approximate surface area is 69.4 Å². The molecule has 1 nitrogen and oxygen atoms in total. The topological polar surface area (TPSA) is 3.01 Å². The smallest absolute Gasteiger partial charge is 0.182 e. The molecule has 0 aromatic rings. The maximum absolute atomic E-state index is 2.33. The number of rotatable bonds is 1. The van der Waals surface area contributed by atoms with Crippen LogP contribution in [0.1, 0.15) is 34.1 Å². The molecule has 0 N–H and O–H groups in total. The van der Waals surface area contributed by atoms with E-state index in [1.807, 2.05) is 0 Å². The van der Waals surface area contributed by atoms with Gasteiger partial charge < -0.3 is 0 Å². The molecule has 11 heavy (non-hydrogen) atoms. The van der Waals surface area contributed by atoms with Crippen molar-refractivity contribution < 1.29 is 4.58 Å². The first-order chi connectivity index (χ1) is 5.04. The van der Waals surface area contributed by atoms with Gasteiger partial charge in [-0.1, -0.05) is 13.8 Å². The highest BCUT2D eigenvalue weighted by molar-refractivity contribution is 5.81. The van der Waals surface area contributed by atoms with Gasteiger partial charge in [0.1, 0.15) is 7.05 Å². The van der Waals surface area contributed by atoms with Crippen LogP contribution in [0.25, 0.3) is 0 Å². The van der Waals surface area contributed by atoms with Gasteiger partial charge >= 0.3 is 0 Å². The number of nitrogens with zero attached hydrogens (tertiary/aromatic N) is 1. The van der Waals surface area contributed by atoms with Gasteiger partial charge in [-0.3, -0.25) is 0 Å². The minimum absolute atomic E-state index is 0.664. The zero-order valence-corrected chi connectivity index (χ0v) is 8.23. The van der Waals surface area contributed by atoms with Crippen LogP contribution in [0.15, 0.2) is 11.3 Å². The van der Waals surface area contributed by atoms with E-state index in [2.05, 4.69) is 39.3 Å². The van der Waals surface area contributed by atoms with Crippen LogP contribution in [-0.4, -0.2) is 17.3 Å². The van der Waals surface area contributed by atoms with Crippen molar-refractivity contribution in [1.82, 2.24) is 0 Å². The van der Waals surface area contributed by atoms with Gasteiger partial charge in [0, 0.05) is 18.4 Å². The van der Waals surface area contributed by atoms with Crippen LogP contribution in [0.4, 0.5) is 0 Å². The van der Waals surface area contributed by atoms with E-state index in [0.29, 0.717) is 5.92 Å². The van der Waals surface area contributed by atoms with E-state index >= 15 is 0 Å². The van der Waals surface area contributed by atoms with E-state index in [1.54, 1.807) is 5.57 Å². The van der Waals surface area contributed by atoms with Crippen LogP contribution >= 0.6 is 0 Å². The summed E-state index contributed by atoms with van der Waals surface area (Å²) in [5, 5.41) is 0. The lowest BCUT2D eigenvalue weighted by Crippen LogP contribution is -2.11. The van der Waals surface area contributed by atoms with E-state index in [9.17, 15) is 0 Å². The summed E-state index contributed by atoms with van der Waals surface area (Å²) in [4.78, 5) is 0. The largest absolute Gasteiger partial charge is 0.206 e. The molecule has 0 fully saturated rings. The van der Waals surface area contributed by atoms with Crippen molar-refractivity contribution in [2.45, 2.75) is 34.1 Å². The zero-order chi connectivity index (χ0) is 8.59. The van der Waals surface area contributed by atoms with E-state index in [0.717, 1.165) is 0 Å². The first-order valence-corrected chi connectivity index (χ1v) is 4.29. The first kappa shape index (κ1) is 8.51. The summed E-state index contributed by atoms with van der Waals surface area (Å²) in [6.07, 6.45) is 1.17. The molecule has 1 rings (SSSR count). The van der Waals surface area contributed by atoms with Crippen LogP contribution in [0, 0.1) is 5.92 Å². The minimum atomic E-state index is 0.664. The average Bonchev–Trinajstić information content (AvgIpc) is 2.07. The van der Waals surface area contributed by atoms with E-state index in [1.165, 1.54) is 17.8 Å². The molecule has 0 saturated carbocycles. The molecule has 0 spiro atoms. The Morgan fingerprint density at radius 3 is 2.00 bits per heavy atom. The molecule has 0 aromatic heterocycles. The average molecular weight is 152 g/mol. The van der Waals surface area contributed by atoms with Crippen molar-refractivity contribution in [3.8, 4) is 0 Å². The van der Waals surface area contributed by atoms with Crippen molar-refractivity contribution >= 4 is 5.71 Å². The minimum Gasteiger partial charge on any atom is -0.206 e. The van der Waals surface area contributed by atoms with Gasteiger partial charge in [-0.25, -0.2) is 4.58 Å². The van der Waals surface area contributed by atoms with E-state index in [-0.39, 0.29) is 0 Å². The Balaban J connectivity index is 3.00. The molecule has 1 aliphatic heterocycles. The highest BCUT2D eigenvalue weighted by Gasteiger charge is 2.26. The molecule has 0 amide bonds. The van der Waals surface area contributed by atoms with Gasteiger partial charge in [0.15, 0.2) is 11.4 Å². The third kappa shape index (κ3) is 1.37. The molecule has 0 bridgehead atoms. The van der Waals surface area contributed by atoms with Crippen LogP contribution in [-0.2, 0) is 0 Å². The third-order valence-corrected chi connectivity index (χ3v) is 2.44. The number of allylic oxidation sites excluding steroid dienone is 2. The highest BCUT2D eigenvalue weighted by Crippen LogP contribution is 2.23. The number of hydrogen-bond donors (Lipinski definition) is 0. The molecule has 0 aromatic carbocycles. The maximum Gasteiger partial charge on any atom is 0.182 e.